The van der Waals surface area contributed by atoms with Gasteiger partial charge in [0.05, 0.1) is 12.6 Å². The lowest BCUT2D eigenvalue weighted by Gasteiger charge is -2.37. The SMILES string of the molecule is CCNC(=NCC(c1ccccc1)N(C)C)N1CCN(C(=O)C2CCCO2)CC1.I. The Morgan fingerprint density at radius 1 is 1.20 bits per heavy atom. The molecule has 2 atom stereocenters. The number of nitrogens with one attached hydrogen (secondary N) is 1. The molecule has 8 heteroatoms. The van der Waals surface area contributed by atoms with Crippen molar-refractivity contribution in [2.75, 3.05) is 60.0 Å². The predicted octanol–water partition coefficient (Wildman–Crippen LogP) is 2.20. The van der Waals surface area contributed by atoms with Crippen LogP contribution < -0.4 is 5.32 Å². The van der Waals surface area contributed by atoms with Gasteiger partial charge in [-0.05, 0) is 39.4 Å². The molecule has 0 aliphatic carbocycles. The number of rotatable bonds is 6. The van der Waals surface area contributed by atoms with Crippen LogP contribution in [-0.4, -0.2) is 92.6 Å². The fourth-order valence-electron chi connectivity index (χ4n) is 3.96. The first-order valence-corrected chi connectivity index (χ1v) is 10.7. The van der Waals surface area contributed by atoms with E-state index in [0.29, 0.717) is 13.2 Å². The molecular weight excluding hydrogens is 493 g/mol. The lowest BCUT2D eigenvalue weighted by Crippen LogP contribution is -2.55. The first kappa shape index (κ1) is 24.9. The number of amides is 1. The highest BCUT2D eigenvalue weighted by Crippen LogP contribution is 2.19. The summed E-state index contributed by atoms with van der Waals surface area (Å²) in [7, 11) is 4.19. The number of halogens is 1. The first-order chi connectivity index (χ1) is 14.1. The molecule has 30 heavy (non-hydrogen) atoms. The first-order valence-electron chi connectivity index (χ1n) is 10.7. The van der Waals surface area contributed by atoms with Crippen LogP contribution in [0, 0.1) is 0 Å². The number of piperazine rings is 1. The monoisotopic (exact) mass is 529 g/mol. The van der Waals surface area contributed by atoms with Gasteiger partial charge in [-0.2, -0.15) is 0 Å². The Bertz CT molecular complexity index is 671. The van der Waals surface area contributed by atoms with Crippen molar-refractivity contribution in [3.8, 4) is 0 Å². The van der Waals surface area contributed by atoms with Crippen LogP contribution in [0.1, 0.15) is 31.4 Å². The number of aliphatic imine (C=N–C) groups is 1. The average molecular weight is 529 g/mol. The smallest absolute Gasteiger partial charge is 0.251 e. The van der Waals surface area contributed by atoms with Gasteiger partial charge in [-0.1, -0.05) is 30.3 Å². The van der Waals surface area contributed by atoms with Gasteiger partial charge in [0, 0.05) is 39.3 Å². The van der Waals surface area contributed by atoms with Crippen molar-refractivity contribution in [1.29, 1.82) is 0 Å². The van der Waals surface area contributed by atoms with Crippen molar-refractivity contribution >= 4 is 35.8 Å². The molecular formula is C22H36IN5O2. The number of hydrogen-bond donors (Lipinski definition) is 1. The Kier molecular flexibility index (Phi) is 10.3. The van der Waals surface area contributed by atoms with E-state index in [1.165, 1.54) is 5.56 Å². The number of likely N-dealkylation sites (N-methyl/N-ethyl adjacent to an activating group) is 1. The van der Waals surface area contributed by atoms with Gasteiger partial charge in [-0.15, -0.1) is 24.0 Å². The summed E-state index contributed by atoms with van der Waals surface area (Å²) in [6.45, 7) is 7.35. The van der Waals surface area contributed by atoms with E-state index in [-0.39, 0.29) is 42.0 Å². The van der Waals surface area contributed by atoms with Crippen LogP contribution in [0.15, 0.2) is 35.3 Å². The Labute approximate surface area is 197 Å². The van der Waals surface area contributed by atoms with E-state index in [2.05, 4.69) is 60.4 Å². The van der Waals surface area contributed by atoms with Gasteiger partial charge in [0.15, 0.2) is 5.96 Å². The predicted molar refractivity (Wildman–Crippen MR) is 131 cm³/mol. The second-order valence-corrected chi connectivity index (χ2v) is 7.90. The molecule has 2 fully saturated rings. The number of hydrogen-bond acceptors (Lipinski definition) is 4. The van der Waals surface area contributed by atoms with Gasteiger partial charge < -0.3 is 24.8 Å². The van der Waals surface area contributed by atoms with E-state index in [4.69, 9.17) is 9.73 Å². The second kappa shape index (κ2) is 12.5. The number of ether oxygens (including phenoxy) is 1. The van der Waals surface area contributed by atoms with E-state index >= 15 is 0 Å². The maximum absolute atomic E-state index is 12.6. The summed E-state index contributed by atoms with van der Waals surface area (Å²) in [5.74, 6) is 1.08. The molecule has 1 amide bonds. The standard InChI is InChI=1S/C22H35N5O2.HI/c1-4-23-22(24-17-19(25(2)3)18-9-6-5-7-10-18)27-14-12-26(13-15-27)21(28)20-11-8-16-29-20;/h5-7,9-10,19-20H,4,8,11-17H2,1-3H3,(H,23,24);1H. The fourth-order valence-corrected chi connectivity index (χ4v) is 3.96. The summed E-state index contributed by atoms with van der Waals surface area (Å²) in [4.78, 5) is 23.9. The average Bonchev–Trinajstić information content (AvgIpc) is 3.28. The Balaban J connectivity index is 0.00000320. The third-order valence-electron chi connectivity index (χ3n) is 5.65. The molecule has 0 spiro atoms. The van der Waals surface area contributed by atoms with Gasteiger partial charge in [-0.25, -0.2) is 0 Å². The van der Waals surface area contributed by atoms with Crippen LogP contribution in [-0.2, 0) is 9.53 Å². The van der Waals surface area contributed by atoms with Crippen LogP contribution in [0.3, 0.4) is 0 Å². The van der Waals surface area contributed by atoms with Crippen LogP contribution in [0.4, 0.5) is 0 Å². The lowest BCUT2D eigenvalue weighted by molar-refractivity contribution is -0.142. The minimum Gasteiger partial charge on any atom is -0.368 e. The molecule has 2 saturated heterocycles. The number of carbonyl (C=O) groups is 1. The van der Waals surface area contributed by atoms with Gasteiger partial charge in [0.1, 0.15) is 6.10 Å². The van der Waals surface area contributed by atoms with E-state index in [1.807, 2.05) is 11.0 Å². The second-order valence-electron chi connectivity index (χ2n) is 7.90. The Morgan fingerprint density at radius 3 is 2.43 bits per heavy atom. The van der Waals surface area contributed by atoms with Crippen molar-refractivity contribution in [3.63, 3.8) is 0 Å². The normalized spacial score (nSPS) is 20.8. The number of carbonyl (C=O) groups excluding carboxylic acids is 1. The molecule has 0 saturated carbocycles. The summed E-state index contributed by atoms with van der Waals surface area (Å²) < 4.78 is 5.56. The highest BCUT2D eigenvalue weighted by atomic mass is 127. The highest BCUT2D eigenvalue weighted by molar-refractivity contribution is 14.0. The zero-order valence-electron chi connectivity index (χ0n) is 18.4. The van der Waals surface area contributed by atoms with E-state index in [1.54, 1.807) is 0 Å². The third kappa shape index (κ3) is 6.55. The number of guanidine groups is 1. The molecule has 3 rings (SSSR count). The largest absolute Gasteiger partial charge is 0.368 e. The lowest BCUT2D eigenvalue weighted by atomic mass is 10.1. The molecule has 0 bridgehead atoms. The molecule has 2 unspecified atom stereocenters. The highest BCUT2D eigenvalue weighted by Gasteiger charge is 2.31. The molecule has 168 valence electrons. The quantitative estimate of drug-likeness (QED) is 0.348. The van der Waals surface area contributed by atoms with Gasteiger partial charge in [0.25, 0.3) is 5.91 Å². The van der Waals surface area contributed by atoms with Crippen LogP contribution in [0.5, 0.6) is 0 Å². The van der Waals surface area contributed by atoms with E-state index in [9.17, 15) is 4.79 Å². The zero-order valence-corrected chi connectivity index (χ0v) is 20.7. The van der Waals surface area contributed by atoms with Gasteiger partial charge >= 0.3 is 0 Å². The maximum atomic E-state index is 12.6. The summed E-state index contributed by atoms with van der Waals surface area (Å²) >= 11 is 0. The zero-order chi connectivity index (χ0) is 20.6. The Morgan fingerprint density at radius 2 is 1.87 bits per heavy atom. The van der Waals surface area contributed by atoms with E-state index < -0.39 is 0 Å². The van der Waals surface area contributed by atoms with Crippen LogP contribution >= 0.6 is 24.0 Å². The molecule has 1 aromatic rings. The molecule has 2 aliphatic rings. The molecule has 2 aliphatic heterocycles. The maximum Gasteiger partial charge on any atom is 0.251 e. The van der Waals surface area contributed by atoms with E-state index in [0.717, 1.165) is 51.5 Å². The molecule has 1 aromatic carbocycles. The van der Waals surface area contributed by atoms with Gasteiger partial charge in [-0.3, -0.25) is 9.79 Å². The van der Waals surface area contributed by atoms with Crippen molar-refractivity contribution in [2.45, 2.75) is 31.9 Å². The van der Waals surface area contributed by atoms with Crippen LogP contribution in [0.2, 0.25) is 0 Å². The molecule has 0 aromatic heterocycles. The summed E-state index contributed by atoms with van der Waals surface area (Å²) in [6.07, 6.45) is 1.62. The summed E-state index contributed by atoms with van der Waals surface area (Å²) in [6, 6.07) is 10.7. The minimum absolute atomic E-state index is 0. The Hall–Kier alpha value is -1.39. The van der Waals surface area contributed by atoms with Crippen molar-refractivity contribution in [1.82, 2.24) is 20.0 Å². The molecule has 0 radical (unpaired) electrons. The summed E-state index contributed by atoms with van der Waals surface area (Å²) in [5, 5.41) is 3.43. The third-order valence-corrected chi connectivity index (χ3v) is 5.65. The van der Waals surface area contributed by atoms with Crippen LogP contribution in [0.25, 0.3) is 0 Å². The molecule has 1 N–H and O–H groups in total. The van der Waals surface area contributed by atoms with Gasteiger partial charge in [0.2, 0.25) is 0 Å². The van der Waals surface area contributed by atoms with Crippen molar-refractivity contribution < 1.29 is 9.53 Å². The fraction of sp³-hybridized carbons (Fsp3) is 0.636. The number of benzene rings is 1. The molecule has 7 nitrogen and oxygen atoms in total. The summed E-state index contributed by atoms with van der Waals surface area (Å²) in [5.41, 5.74) is 1.27. The van der Waals surface area contributed by atoms with Crippen molar-refractivity contribution in [3.05, 3.63) is 35.9 Å². The molecule has 2 heterocycles. The number of nitrogens with zero attached hydrogens (tertiary/aromatic N) is 4. The van der Waals surface area contributed by atoms with Crippen molar-refractivity contribution in [2.24, 2.45) is 4.99 Å². The minimum atomic E-state index is -0.227. The topological polar surface area (TPSA) is 60.4 Å².